The first-order valence-electron chi connectivity index (χ1n) is 8.40. The van der Waals surface area contributed by atoms with Gasteiger partial charge in [-0.15, -0.1) is 11.3 Å². The van der Waals surface area contributed by atoms with E-state index in [1.165, 1.54) is 45.1 Å². The second kappa shape index (κ2) is 7.73. The first-order valence-corrected chi connectivity index (χ1v) is 9.28. The predicted molar refractivity (Wildman–Crippen MR) is 86.7 cm³/mol. The molecule has 118 valence electrons. The van der Waals surface area contributed by atoms with E-state index in [0.29, 0.717) is 12.1 Å². The Kier molecular flexibility index (Phi) is 5.69. The monoisotopic (exact) mass is 309 g/mol. The van der Waals surface area contributed by atoms with Crippen LogP contribution < -0.4 is 0 Å². The minimum absolute atomic E-state index is 0.305. The van der Waals surface area contributed by atoms with Crippen LogP contribution in [0.4, 0.5) is 0 Å². The fourth-order valence-corrected chi connectivity index (χ4v) is 4.37. The van der Waals surface area contributed by atoms with Crippen molar-refractivity contribution >= 4 is 11.3 Å². The van der Waals surface area contributed by atoms with Gasteiger partial charge in [-0.1, -0.05) is 18.9 Å². The van der Waals surface area contributed by atoms with Crippen molar-refractivity contribution < 1.29 is 9.84 Å². The number of aliphatic hydroxyl groups is 1. The Bertz CT molecular complexity index is 403. The van der Waals surface area contributed by atoms with Crippen LogP contribution in [0.15, 0.2) is 17.5 Å². The van der Waals surface area contributed by atoms with Gasteiger partial charge in [-0.2, -0.15) is 0 Å². The number of ether oxygens (including phenoxy) is 1. The largest absolute Gasteiger partial charge is 0.388 e. The summed E-state index contributed by atoms with van der Waals surface area (Å²) >= 11 is 1.67. The van der Waals surface area contributed by atoms with Gasteiger partial charge in [0.25, 0.3) is 0 Å². The molecule has 0 amide bonds. The van der Waals surface area contributed by atoms with E-state index in [1.54, 1.807) is 11.3 Å². The lowest BCUT2D eigenvalue weighted by molar-refractivity contribution is 0.0421. The highest BCUT2D eigenvalue weighted by Crippen LogP contribution is 2.29. The number of thiophene rings is 1. The van der Waals surface area contributed by atoms with E-state index in [4.69, 9.17) is 4.74 Å². The molecule has 4 heteroatoms. The Labute approximate surface area is 131 Å². The highest BCUT2D eigenvalue weighted by atomic mass is 32.1. The SMILES string of the molecule is OC(CC1CCCCCN1CC1CCCO1)c1cccs1. The average Bonchev–Trinajstić information content (AvgIpc) is 3.14. The molecular formula is C17H27NO2S. The molecule has 0 aromatic carbocycles. The molecule has 3 rings (SSSR count). The first-order chi connectivity index (χ1) is 10.3. The maximum atomic E-state index is 10.5. The zero-order valence-electron chi connectivity index (χ0n) is 12.7. The van der Waals surface area contributed by atoms with Crippen molar-refractivity contribution in [2.75, 3.05) is 19.7 Å². The van der Waals surface area contributed by atoms with Crippen LogP contribution in [0.25, 0.3) is 0 Å². The number of rotatable bonds is 5. The highest BCUT2D eigenvalue weighted by molar-refractivity contribution is 7.10. The van der Waals surface area contributed by atoms with Gasteiger partial charge in [0.2, 0.25) is 0 Å². The van der Waals surface area contributed by atoms with Gasteiger partial charge in [-0.25, -0.2) is 0 Å². The van der Waals surface area contributed by atoms with Gasteiger partial charge in [-0.3, -0.25) is 4.90 Å². The van der Waals surface area contributed by atoms with E-state index < -0.39 is 0 Å². The van der Waals surface area contributed by atoms with E-state index in [1.807, 2.05) is 6.07 Å². The van der Waals surface area contributed by atoms with Crippen molar-refractivity contribution in [2.45, 2.75) is 63.2 Å². The van der Waals surface area contributed by atoms with Crippen molar-refractivity contribution in [3.05, 3.63) is 22.4 Å². The van der Waals surface area contributed by atoms with Crippen molar-refractivity contribution in [1.82, 2.24) is 4.90 Å². The second-order valence-corrected chi connectivity index (χ2v) is 7.38. The van der Waals surface area contributed by atoms with Crippen molar-refractivity contribution in [1.29, 1.82) is 0 Å². The lowest BCUT2D eigenvalue weighted by Crippen LogP contribution is -2.40. The molecule has 0 spiro atoms. The number of hydrogen-bond donors (Lipinski definition) is 1. The Hall–Kier alpha value is -0.420. The topological polar surface area (TPSA) is 32.7 Å². The molecule has 1 aromatic rings. The van der Waals surface area contributed by atoms with Crippen LogP contribution >= 0.6 is 11.3 Å². The van der Waals surface area contributed by atoms with E-state index in [9.17, 15) is 5.11 Å². The molecule has 0 aliphatic carbocycles. The fraction of sp³-hybridized carbons (Fsp3) is 0.765. The Morgan fingerprint density at radius 3 is 3.00 bits per heavy atom. The lowest BCUT2D eigenvalue weighted by Gasteiger charge is -2.33. The molecule has 1 N–H and O–H groups in total. The van der Waals surface area contributed by atoms with Gasteiger partial charge >= 0.3 is 0 Å². The predicted octanol–water partition coefficient (Wildman–Crippen LogP) is 3.60. The molecular weight excluding hydrogens is 282 g/mol. The van der Waals surface area contributed by atoms with Crippen LogP contribution in [0.5, 0.6) is 0 Å². The minimum atomic E-state index is -0.305. The summed E-state index contributed by atoms with van der Waals surface area (Å²) in [6.45, 7) is 3.16. The van der Waals surface area contributed by atoms with Gasteiger partial charge in [0.05, 0.1) is 12.2 Å². The zero-order valence-corrected chi connectivity index (χ0v) is 13.6. The molecule has 0 radical (unpaired) electrons. The van der Waals surface area contributed by atoms with Crippen LogP contribution in [0.2, 0.25) is 0 Å². The summed E-state index contributed by atoms with van der Waals surface area (Å²) < 4.78 is 5.82. The van der Waals surface area contributed by atoms with Crippen molar-refractivity contribution in [3.63, 3.8) is 0 Å². The van der Waals surface area contributed by atoms with Crippen LogP contribution in [-0.2, 0) is 4.74 Å². The third-order valence-corrected chi connectivity index (χ3v) is 5.80. The molecule has 0 bridgehead atoms. The number of aliphatic hydroxyl groups excluding tert-OH is 1. The lowest BCUT2D eigenvalue weighted by atomic mass is 10.0. The van der Waals surface area contributed by atoms with E-state index >= 15 is 0 Å². The Balaban J connectivity index is 1.60. The molecule has 2 aliphatic rings. The average molecular weight is 309 g/mol. The fourth-order valence-electron chi connectivity index (χ4n) is 3.65. The maximum absolute atomic E-state index is 10.5. The molecule has 1 aromatic heterocycles. The Morgan fingerprint density at radius 2 is 2.24 bits per heavy atom. The highest BCUT2D eigenvalue weighted by Gasteiger charge is 2.28. The molecule has 3 heterocycles. The quantitative estimate of drug-likeness (QED) is 0.902. The van der Waals surface area contributed by atoms with E-state index in [-0.39, 0.29) is 6.10 Å². The maximum Gasteiger partial charge on any atom is 0.0896 e. The third kappa shape index (κ3) is 4.28. The third-order valence-electron chi connectivity index (χ3n) is 4.83. The smallest absolute Gasteiger partial charge is 0.0896 e. The van der Waals surface area contributed by atoms with Gasteiger partial charge in [0, 0.05) is 24.1 Å². The Morgan fingerprint density at radius 1 is 1.29 bits per heavy atom. The zero-order chi connectivity index (χ0) is 14.5. The number of likely N-dealkylation sites (tertiary alicyclic amines) is 1. The summed E-state index contributed by atoms with van der Waals surface area (Å²) in [6.07, 6.45) is 8.53. The van der Waals surface area contributed by atoms with Crippen LogP contribution in [0.1, 0.15) is 55.9 Å². The van der Waals surface area contributed by atoms with Gasteiger partial charge < -0.3 is 9.84 Å². The van der Waals surface area contributed by atoms with Gasteiger partial charge in [-0.05, 0) is 50.1 Å². The molecule has 3 unspecified atom stereocenters. The van der Waals surface area contributed by atoms with Crippen LogP contribution in [0.3, 0.4) is 0 Å². The van der Waals surface area contributed by atoms with E-state index in [0.717, 1.165) is 24.4 Å². The van der Waals surface area contributed by atoms with Crippen molar-refractivity contribution in [3.8, 4) is 0 Å². The van der Waals surface area contributed by atoms with Crippen LogP contribution in [-0.4, -0.2) is 41.8 Å². The molecule has 2 saturated heterocycles. The second-order valence-electron chi connectivity index (χ2n) is 6.40. The molecule has 3 nitrogen and oxygen atoms in total. The molecule has 0 saturated carbocycles. The summed E-state index contributed by atoms with van der Waals surface area (Å²) in [7, 11) is 0. The van der Waals surface area contributed by atoms with Gasteiger partial charge in [0.1, 0.15) is 0 Å². The van der Waals surface area contributed by atoms with Crippen molar-refractivity contribution in [2.24, 2.45) is 0 Å². The van der Waals surface area contributed by atoms with Crippen LogP contribution in [0, 0.1) is 0 Å². The summed E-state index contributed by atoms with van der Waals surface area (Å²) in [5, 5.41) is 12.5. The normalized spacial score (nSPS) is 29.4. The van der Waals surface area contributed by atoms with Gasteiger partial charge in [0.15, 0.2) is 0 Å². The summed E-state index contributed by atoms with van der Waals surface area (Å²) in [5.74, 6) is 0. The standard InChI is InChI=1S/C17H27NO2S/c19-16(17-8-5-11-21-17)12-14-6-2-1-3-9-18(14)13-15-7-4-10-20-15/h5,8,11,14-16,19H,1-4,6-7,9-10,12-13H2. The summed E-state index contributed by atoms with van der Waals surface area (Å²) in [5.41, 5.74) is 0. The summed E-state index contributed by atoms with van der Waals surface area (Å²) in [4.78, 5) is 3.70. The van der Waals surface area contributed by atoms with E-state index in [2.05, 4.69) is 16.3 Å². The molecule has 2 fully saturated rings. The summed E-state index contributed by atoms with van der Waals surface area (Å²) in [6, 6.07) is 4.59. The minimum Gasteiger partial charge on any atom is -0.388 e. The number of hydrogen-bond acceptors (Lipinski definition) is 4. The molecule has 21 heavy (non-hydrogen) atoms. The first kappa shape index (κ1) is 15.5. The number of nitrogens with zero attached hydrogens (tertiary/aromatic N) is 1. The molecule has 2 aliphatic heterocycles. The molecule has 3 atom stereocenters.